The van der Waals surface area contributed by atoms with Crippen molar-refractivity contribution in [2.24, 2.45) is 0 Å². The van der Waals surface area contributed by atoms with E-state index in [-0.39, 0.29) is 17.6 Å². The Bertz CT molecular complexity index is 452. The summed E-state index contributed by atoms with van der Waals surface area (Å²) in [4.78, 5) is 18.6. The lowest BCUT2D eigenvalue weighted by atomic mass is 10.2. The number of hydrogen-bond donors (Lipinski definition) is 1. The summed E-state index contributed by atoms with van der Waals surface area (Å²) < 4.78 is 5.04. The minimum atomic E-state index is -0.179. The Balaban J connectivity index is 3.00. The fraction of sp³-hybridized carbons (Fsp3) is 0.571. The van der Waals surface area contributed by atoms with Gasteiger partial charge in [0, 0.05) is 26.2 Å². The van der Waals surface area contributed by atoms with E-state index < -0.39 is 0 Å². The van der Waals surface area contributed by atoms with Gasteiger partial charge in [0.15, 0.2) is 0 Å². The largest absolute Gasteiger partial charge is 0.383 e. The predicted octanol–water partition coefficient (Wildman–Crippen LogP) is 2.66. The van der Waals surface area contributed by atoms with Crippen molar-refractivity contribution in [3.63, 3.8) is 0 Å². The molecule has 0 saturated heterocycles. The first-order valence-electron chi connectivity index (χ1n) is 6.71. The monoisotopic (exact) mass is 299 g/mol. The zero-order chi connectivity index (χ0) is 15.1. The van der Waals surface area contributed by atoms with E-state index in [0.29, 0.717) is 24.0 Å². The number of rotatable bonds is 7. The van der Waals surface area contributed by atoms with Crippen LogP contribution in [-0.4, -0.2) is 48.6 Å². The molecule has 0 radical (unpaired) electrons. The molecule has 0 saturated carbocycles. The molecule has 112 valence electrons. The van der Waals surface area contributed by atoms with E-state index in [0.717, 1.165) is 6.54 Å². The van der Waals surface area contributed by atoms with Crippen LogP contribution in [0.3, 0.4) is 0 Å². The van der Waals surface area contributed by atoms with E-state index in [9.17, 15) is 4.79 Å². The number of carbonyl (C=O) groups is 1. The van der Waals surface area contributed by atoms with E-state index in [2.05, 4.69) is 10.3 Å². The van der Waals surface area contributed by atoms with Crippen LogP contribution in [0.25, 0.3) is 0 Å². The highest BCUT2D eigenvalue weighted by Gasteiger charge is 2.22. The molecule has 1 rings (SSSR count). The van der Waals surface area contributed by atoms with Gasteiger partial charge < -0.3 is 15.0 Å². The quantitative estimate of drug-likeness (QED) is 0.841. The molecule has 1 aromatic heterocycles. The number of halogens is 1. The van der Waals surface area contributed by atoms with E-state index in [1.54, 1.807) is 24.1 Å². The van der Waals surface area contributed by atoms with Crippen molar-refractivity contribution in [2.75, 3.05) is 32.1 Å². The van der Waals surface area contributed by atoms with Gasteiger partial charge in [-0.2, -0.15) is 0 Å². The zero-order valence-corrected chi connectivity index (χ0v) is 13.2. The predicted molar refractivity (Wildman–Crippen MR) is 81.5 cm³/mol. The number of ether oxygens (including phenoxy) is 1. The topological polar surface area (TPSA) is 54.5 Å². The molecular weight excluding hydrogens is 278 g/mol. The molecule has 1 heterocycles. The number of anilines is 1. The van der Waals surface area contributed by atoms with Gasteiger partial charge >= 0.3 is 0 Å². The summed E-state index contributed by atoms with van der Waals surface area (Å²) in [5.41, 5.74) is 0.273. The highest BCUT2D eigenvalue weighted by atomic mass is 35.5. The molecule has 0 aromatic carbocycles. The van der Waals surface area contributed by atoms with E-state index >= 15 is 0 Å². The number of aromatic nitrogens is 1. The molecule has 20 heavy (non-hydrogen) atoms. The SMILES string of the molecule is CCNc1ccc(Cl)c(C(=O)N(CCOC)C(C)C)n1. The Morgan fingerprint density at radius 2 is 2.20 bits per heavy atom. The lowest BCUT2D eigenvalue weighted by Crippen LogP contribution is -2.39. The number of carbonyl (C=O) groups excluding carboxylic acids is 1. The van der Waals surface area contributed by atoms with Crippen molar-refractivity contribution < 1.29 is 9.53 Å². The van der Waals surface area contributed by atoms with Crippen LogP contribution in [0.4, 0.5) is 5.82 Å². The highest BCUT2D eigenvalue weighted by molar-refractivity contribution is 6.33. The number of nitrogens with zero attached hydrogens (tertiary/aromatic N) is 2. The van der Waals surface area contributed by atoms with Crippen LogP contribution in [0.2, 0.25) is 5.02 Å². The average Bonchev–Trinajstić information content (AvgIpc) is 2.41. The van der Waals surface area contributed by atoms with Crippen molar-refractivity contribution in [3.05, 3.63) is 22.8 Å². The molecule has 0 spiro atoms. The molecule has 0 unspecified atom stereocenters. The summed E-state index contributed by atoms with van der Waals surface area (Å²) in [7, 11) is 1.61. The van der Waals surface area contributed by atoms with Gasteiger partial charge in [-0.05, 0) is 32.9 Å². The van der Waals surface area contributed by atoms with E-state index in [4.69, 9.17) is 16.3 Å². The van der Waals surface area contributed by atoms with Gasteiger partial charge in [0.05, 0.1) is 11.6 Å². The second kappa shape index (κ2) is 8.07. The molecule has 0 aliphatic carbocycles. The number of amides is 1. The fourth-order valence-electron chi connectivity index (χ4n) is 1.79. The van der Waals surface area contributed by atoms with Gasteiger partial charge in [-0.1, -0.05) is 11.6 Å². The van der Waals surface area contributed by atoms with Gasteiger partial charge in [0.2, 0.25) is 0 Å². The summed E-state index contributed by atoms with van der Waals surface area (Å²) in [5.74, 6) is 0.470. The first kappa shape index (κ1) is 16.7. The number of nitrogens with one attached hydrogen (secondary N) is 1. The molecule has 0 aliphatic heterocycles. The molecule has 5 nitrogen and oxygen atoms in total. The van der Waals surface area contributed by atoms with E-state index in [1.165, 1.54) is 0 Å². The second-order valence-electron chi connectivity index (χ2n) is 4.64. The van der Waals surface area contributed by atoms with E-state index in [1.807, 2.05) is 20.8 Å². The highest BCUT2D eigenvalue weighted by Crippen LogP contribution is 2.19. The van der Waals surface area contributed by atoms with Gasteiger partial charge in [0.25, 0.3) is 5.91 Å². The van der Waals surface area contributed by atoms with Crippen LogP contribution >= 0.6 is 11.6 Å². The first-order valence-corrected chi connectivity index (χ1v) is 7.09. The van der Waals surface area contributed by atoms with Crippen molar-refractivity contribution in [1.29, 1.82) is 0 Å². The number of methoxy groups -OCH3 is 1. The average molecular weight is 300 g/mol. The second-order valence-corrected chi connectivity index (χ2v) is 5.05. The molecule has 0 atom stereocenters. The molecule has 0 bridgehead atoms. The lowest BCUT2D eigenvalue weighted by Gasteiger charge is -2.26. The van der Waals surface area contributed by atoms with Crippen LogP contribution in [-0.2, 0) is 4.74 Å². The van der Waals surface area contributed by atoms with Crippen molar-refractivity contribution in [3.8, 4) is 0 Å². The van der Waals surface area contributed by atoms with Crippen LogP contribution in [0, 0.1) is 0 Å². The number of pyridine rings is 1. The van der Waals surface area contributed by atoms with Crippen molar-refractivity contribution in [2.45, 2.75) is 26.8 Å². The number of hydrogen-bond acceptors (Lipinski definition) is 4. The van der Waals surface area contributed by atoms with Gasteiger partial charge in [-0.25, -0.2) is 4.98 Å². The summed E-state index contributed by atoms with van der Waals surface area (Å²) in [6.07, 6.45) is 0. The van der Waals surface area contributed by atoms with Crippen LogP contribution < -0.4 is 5.32 Å². The Morgan fingerprint density at radius 3 is 2.75 bits per heavy atom. The maximum absolute atomic E-state index is 12.6. The fourth-order valence-corrected chi connectivity index (χ4v) is 1.98. The Morgan fingerprint density at radius 1 is 1.50 bits per heavy atom. The first-order chi connectivity index (χ1) is 9.51. The summed E-state index contributed by atoms with van der Waals surface area (Å²) in [6, 6.07) is 3.50. The summed E-state index contributed by atoms with van der Waals surface area (Å²) in [5, 5.41) is 3.44. The summed E-state index contributed by atoms with van der Waals surface area (Å²) >= 11 is 6.11. The Labute approximate surface area is 125 Å². The minimum absolute atomic E-state index is 0.0540. The standard InChI is InChI=1S/C14H22ClN3O2/c1-5-16-12-7-6-11(15)13(17-12)14(19)18(10(2)3)8-9-20-4/h6-7,10H,5,8-9H2,1-4H3,(H,16,17). The summed E-state index contributed by atoms with van der Waals surface area (Å²) in [6.45, 7) is 7.60. The molecular formula is C14H22ClN3O2. The van der Waals surface area contributed by atoms with Gasteiger partial charge in [-0.3, -0.25) is 4.79 Å². The maximum Gasteiger partial charge on any atom is 0.274 e. The Kier molecular flexibility index (Phi) is 6.75. The third-order valence-corrected chi connectivity index (χ3v) is 3.13. The van der Waals surface area contributed by atoms with Crippen LogP contribution in [0.15, 0.2) is 12.1 Å². The lowest BCUT2D eigenvalue weighted by molar-refractivity contribution is 0.0629. The molecule has 1 aromatic rings. The molecule has 1 amide bonds. The third kappa shape index (κ3) is 4.35. The molecule has 0 fully saturated rings. The zero-order valence-electron chi connectivity index (χ0n) is 12.4. The normalized spacial score (nSPS) is 10.7. The smallest absolute Gasteiger partial charge is 0.274 e. The van der Waals surface area contributed by atoms with Crippen LogP contribution in [0.1, 0.15) is 31.3 Å². The van der Waals surface area contributed by atoms with Gasteiger partial charge in [0.1, 0.15) is 11.5 Å². The Hall–Kier alpha value is -1.33. The van der Waals surface area contributed by atoms with Gasteiger partial charge in [-0.15, -0.1) is 0 Å². The maximum atomic E-state index is 12.6. The van der Waals surface area contributed by atoms with Crippen molar-refractivity contribution in [1.82, 2.24) is 9.88 Å². The minimum Gasteiger partial charge on any atom is -0.383 e. The van der Waals surface area contributed by atoms with Crippen molar-refractivity contribution >= 4 is 23.3 Å². The molecule has 0 aliphatic rings. The molecule has 1 N–H and O–H groups in total. The molecule has 6 heteroatoms. The third-order valence-electron chi connectivity index (χ3n) is 2.83. The van der Waals surface area contributed by atoms with Crippen LogP contribution in [0.5, 0.6) is 0 Å².